The van der Waals surface area contributed by atoms with Crippen molar-refractivity contribution in [2.45, 2.75) is 0 Å². The van der Waals surface area contributed by atoms with E-state index in [0.717, 1.165) is 19.6 Å². The van der Waals surface area contributed by atoms with E-state index in [1.165, 1.54) is 0 Å². The summed E-state index contributed by atoms with van der Waals surface area (Å²) in [7, 11) is 7.22. The lowest BCUT2D eigenvalue weighted by Crippen LogP contribution is -2.50. The zero-order chi connectivity index (χ0) is 12.4. The van der Waals surface area contributed by atoms with Crippen molar-refractivity contribution in [3.8, 4) is 0 Å². The molecule has 6 nitrogen and oxygen atoms in total. The molecule has 0 heterocycles. The summed E-state index contributed by atoms with van der Waals surface area (Å²) >= 11 is 0. The van der Waals surface area contributed by atoms with Crippen LogP contribution in [0.2, 0.25) is 0 Å². The lowest BCUT2D eigenvalue weighted by molar-refractivity contribution is 0.0832. The van der Waals surface area contributed by atoms with Crippen molar-refractivity contribution in [3.05, 3.63) is 0 Å². The van der Waals surface area contributed by atoms with Crippen LogP contribution in [0.15, 0.2) is 0 Å². The van der Waals surface area contributed by atoms with Gasteiger partial charge >= 0.3 is 6.09 Å². The minimum atomic E-state index is -0.396. The third-order valence-electron chi connectivity index (χ3n) is 2.37. The van der Waals surface area contributed by atoms with Crippen LogP contribution in [-0.4, -0.2) is 60.5 Å². The lowest BCUT2D eigenvalue weighted by Gasteiger charge is -2.32. The topological polar surface area (TPSA) is 74.4 Å². The minimum absolute atomic E-state index is 0.134. The molecule has 0 aromatic heterocycles. The van der Waals surface area contributed by atoms with Gasteiger partial charge in [-0.25, -0.2) is 4.79 Å². The van der Waals surface area contributed by atoms with E-state index in [9.17, 15) is 4.79 Å². The summed E-state index contributed by atoms with van der Waals surface area (Å²) in [5.74, 6) is 0. The highest BCUT2D eigenvalue weighted by Crippen LogP contribution is 2.14. The van der Waals surface area contributed by atoms with E-state index in [2.05, 4.69) is 21.3 Å². The summed E-state index contributed by atoms with van der Waals surface area (Å²) in [6.07, 6.45) is -0.396. The summed E-state index contributed by atoms with van der Waals surface area (Å²) in [6, 6.07) is 0. The zero-order valence-electron chi connectivity index (χ0n) is 10.6. The van der Waals surface area contributed by atoms with Gasteiger partial charge in [-0.05, 0) is 21.1 Å². The van der Waals surface area contributed by atoms with Gasteiger partial charge in [0, 0.05) is 32.1 Å². The largest absolute Gasteiger partial charge is 0.449 e. The monoisotopic (exact) mass is 232 g/mol. The Morgan fingerprint density at radius 3 is 1.75 bits per heavy atom. The highest BCUT2D eigenvalue weighted by Gasteiger charge is 2.30. The van der Waals surface area contributed by atoms with Crippen molar-refractivity contribution in [1.29, 1.82) is 0 Å². The average molecular weight is 232 g/mol. The van der Waals surface area contributed by atoms with E-state index >= 15 is 0 Å². The first-order valence-electron chi connectivity index (χ1n) is 5.42. The SMILES string of the molecule is CNCC(CNC)(CNC)COC(=O)NC. The molecule has 6 heteroatoms. The van der Waals surface area contributed by atoms with Crippen molar-refractivity contribution in [3.63, 3.8) is 0 Å². The van der Waals surface area contributed by atoms with Crippen LogP contribution >= 0.6 is 0 Å². The van der Waals surface area contributed by atoms with Crippen LogP contribution in [-0.2, 0) is 4.74 Å². The lowest BCUT2D eigenvalue weighted by atomic mass is 9.88. The second-order valence-electron chi connectivity index (χ2n) is 3.92. The van der Waals surface area contributed by atoms with Gasteiger partial charge in [0.1, 0.15) is 6.61 Å². The van der Waals surface area contributed by atoms with Crippen LogP contribution in [0.4, 0.5) is 4.79 Å². The van der Waals surface area contributed by atoms with E-state index in [1.807, 2.05) is 21.1 Å². The predicted octanol–water partition coefficient (Wildman–Crippen LogP) is -1.01. The van der Waals surface area contributed by atoms with E-state index in [-0.39, 0.29) is 5.41 Å². The van der Waals surface area contributed by atoms with Gasteiger partial charge in [-0.3, -0.25) is 0 Å². The Kier molecular flexibility index (Phi) is 7.88. The maximum Gasteiger partial charge on any atom is 0.406 e. The minimum Gasteiger partial charge on any atom is -0.449 e. The van der Waals surface area contributed by atoms with Crippen molar-refractivity contribution >= 4 is 6.09 Å². The molecule has 0 bridgehead atoms. The van der Waals surface area contributed by atoms with Crippen LogP contribution < -0.4 is 21.3 Å². The van der Waals surface area contributed by atoms with Gasteiger partial charge < -0.3 is 26.0 Å². The molecule has 96 valence electrons. The second kappa shape index (κ2) is 8.32. The molecule has 0 aromatic carbocycles. The van der Waals surface area contributed by atoms with Gasteiger partial charge in [0.05, 0.1) is 0 Å². The Bertz CT molecular complexity index is 182. The van der Waals surface area contributed by atoms with Crippen LogP contribution in [0.3, 0.4) is 0 Å². The molecule has 0 fully saturated rings. The van der Waals surface area contributed by atoms with Crippen LogP contribution in [0, 0.1) is 5.41 Å². The molecule has 0 aliphatic rings. The molecular weight excluding hydrogens is 208 g/mol. The first kappa shape index (κ1) is 15.2. The molecular formula is C10H24N4O2. The third kappa shape index (κ3) is 5.29. The molecule has 16 heavy (non-hydrogen) atoms. The summed E-state index contributed by atoms with van der Waals surface area (Å²) in [6.45, 7) is 2.68. The highest BCUT2D eigenvalue weighted by molar-refractivity contribution is 5.66. The predicted molar refractivity (Wildman–Crippen MR) is 64.6 cm³/mol. The summed E-state index contributed by atoms with van der Waals surface area (Å²) in [4.78, 5) is 11.1. The van der Waals surface area contributed by atoms with Gasteiger partial charge in [0.2, 0.25) is 0 Å². The van der Waals surface area contributed by atoms with E-state index in [4.69, 9.17) is 4.74 Å². The smallest absolute Gasteiger partial charge is 0.406 e. The second-order valence-corrected chi connectivity index (χ2v) is 3.92. The maximum absolute atomic E-state index is 11.1. The Hall–Kier alpha value is -0.850. The number of amides is 1. The van der Waals surface area contributed by atoms with Gasteiger partial charge in [-0.2, -0.15) is 0 Å². The highest BCUT2D eigenvalue weighted by atomic mass is 16.5. The number of carbonyl (C=O) groups is 1. The normalized spacial score (nSPS) is 11.2. The van der Waals surface area contributed by atoms with E-state index < -0.39 is 6.09 Å². The van der Waals surface area contributed by atoms with Crippen molar-refractivity contribution in [2.75, 3.05) is 54.4 Å². The molecule has 0 aliphatic heterocycles. The molecule has 0 spiro atoms. The number of hydrogen-bond acceptors (Lipinski definition) is 5. The standard InChI is InChI=1S/C10H24N4O2/c1-11-5-10(6-12-2,7-13-3)8-16-9(15)14-4/h11-13H,5-8H2,1-4H3,(H,14,15). The zero-order valence-corrected chi connectivity index (χ0v) is 10.6. The molecule has 0 radical (unpaired) electrons. The Morgan fingerprint density at radius 2 is 1.44 bits per heavy atom. The molecule has 0 saturated carbocycles. The van der Waals surface area contributed by atoms with Gasteiger partial charge in [0.25, 0.3) is 0 Å². The summed E-state index contributed by atoms with van der Waals surface area (Å²) in [5.41, 5.74) is -0.134. The maximum atomic E-state index is 11.1. The van der Waals surface area contributed by atoms with Gasteiger partial charge in [0.15, 0.2) is 0 Å². The number of nitrogens with one attached hydrogen (secondary N) is 4. The fraction of sp³-hybridized carbons (Fsp3) is 0.900. The Labute approximate surface area is 97.5 Å². The molecule has 0 unspecified atom stereocenters. The van der Waals surface area contributed by atoms with Crippen molar-refractivity contribution in [1.82, 2.24) is 21.3 Å². The Morgan fingerprint density at radius 1 is 1.00 bits per heavy atom. The fourth-order valence-electron chi connectivity index (χ4n) is 1.76. The van der Waals surface area contributed by atoms with Crippen molar-refractivity contribution < 1.29 is 9.53 Å². The third-order valence-corrected chi connectivity index (χ3v) is 2.37. The molecule has 0 atom stereocenters. The number of ether oxygens (including phenoxy) is 1. The molecule has 4 N–H and O–H groups in total. The number of rotatable bonds is 8. The van der Waals surface area contributed by atoms with Crippen LogP contribution in [0.5, 0.6) is 0 Å². The fourth-order valence-corrected chi connectivity index (χ4v) is 1.76. The Balaban J connectivity index is 4.39. The quantitative estimate of drug-likeness (QED) is 0.431. The molecule has 1 amide bonds. The van der Waals surface area contributed by atoms with E-state index in [0.29, 0.717) is 6.61 Å². The molecule has 0 aromatic rings. The molecule has 0 saturated heterocycles. The summed E-state index contributed by atoms with van der Waals surface area (Å²) in [5, 5.41) is 11.8. The average Bonchev–Trinajstić information content (AvgIpc) is 2.27. The van der Waals surface area contributed by atoms with Crippen molar-refractivity contribution in [2.24, 2.45) is 5.41 Å². The van der Waals surface area contributed by atoms with Crippen LogP contribution in [0.25, 0.3) is 0 Å². The number of alkyl carbamates (subject to hydrolysis) is 1. The number of carbonyl (C=O) groups excluding carboxylic acids is 1. The first-order chi connectivity index (χ1) is 7.64. The molecule has 0 aliphatic carbocycles. The number of hydrogen-bond donors (Lipinski definition) is 4. The van der Waals surface area contributed by atoms with E-state index in [1.54, 1.807) is 7.05 Å². The summed E-state index contributed by atoms with van der Waals surface area (Å²) < 4.78 is 5.14. The van der Waals surface area contributed by atoms with Gasteiger partial charge in [-0.1, -0.05) is 0 Å². The first-order valence-corrected chi connectivity index (χ1v) is 5.42. The van der Waals surface area contributed by atoms with Crippen LogP contribution in [0.1, 0.15) is 0 Å². The molecule has 0 rings (SSSR count). The van der Waals surface area contributed by atoms with Gasteiger partial charge in [-0.15, -0.1) is 0 Å².